The molecule has 2 aromatic heterocycles. The second kappa shape index (κ2) is 8.71. The van der Waals surface area contributed by atoms with Gasteiger partial charge in [-0.05, 0) is 6.92 Å². The average Bonchev–Trinajstić information content (AvgIpc) is 3.29. The molecule has 2 amide bonds. The summed E-state index contributed by atoms with van der Waals surface area (Å²) in [6.07, 6.45) is 1.25. The number of aromatic amines is 1. The Hall–Kier alpha value is -3.65. The Balaban J connectivity index is 1.47. The Labute approximate surface area is 191 Å². The number of amides is 2. The van der Waals surface area contributed by atoms with Crippen LogP contribution in [0.4, 0.5) is 0 Å². The highest BCUT2D eigenvalue weighted by molar-refractivity contribution is 7.91. The predicted octanol–water partition coefficient (Wildman–Crippen LogP) is -0.577. The zero-order valence-electron chi connectivity index (χ0n) is 17.3. The number of H-pyrrole nitrogens is 1. The van der Waals surface area contributed by atoms with E-state index in [1.165, 1.54) is 13.1 Å². The number of nitrogens with one attached hydrogen (secondary N) is 1. The fourth-order valence-electron chi connectivity index (χ4n) is 3.21. The van der Waals surface area contributed by atoms with Crippen molar-refractivity contribution in [3.63, 3.8) is 0 Å². The Kier molecular flexibility index (Phi) is 5.95. The number of hydrogen-bond donors (Lipinski definition) is 1. The summed E-state index contributed by atoms with van der Waals surface area (Å²) in [6.45, 7) is 0.313. The van der Waals surface area contributed by atoms with E-state index < -0.39 is 46.2 Å². The number of hydrogen-bond acceptors (Lipinski definition) is 9. The number of carbonyl (C=O) groups excluding carboxylic acids is 2. The van der Waals surface area contributed by atoms with Crippen molar-refractivity contribution >= 4 is 33.2 Å². The Bertz CT molecular complexity index is 1440. The quantitative estimate of drug-likeness (QED) is 0.498. The molecule has 4 rings (SSSR count). The topological polar surface area (TPSA) is 155 Å². The van der Waals surface area contributed by atoms with Crippen molar-refractivity contribution in [1.29, 1.82) is 0 Å². The average molecular weight is 491 g/mol. The third-order valence-corrected chi connectivity index (χ3v) is 8.10. The lowest BCUT2D eigenvalue weighted by Gasteiger charge is -2.33. The number of aryl methyl sites for hydroxylation is 1. The molecular weight excluding hydrogens is 472 g/mol. The van der Waals surface area contributed by atoms with Crippen LogP contribution in [0, 0.1) is 6.92 Å². The van der Waals surface area contributed by atoms with E-state index >= 15 is 0 Å². The first-order chi connectivity index (χ1) is 15.7. The third-order valence-electron chi connectivity index (χ3n) is 4.96. The van der Waals surface area contributed by atoms with Gasteiger partial charge in [0.25, 0.3) is 25.8 Å². The highest BCUT2D eigenvalue weighted by Gasteiger charge is 2.37. The molecule has 1 fully saturated rings. The number of sulfonamides is 1. The summed E-state index contributed by atoms with van der Waals surface area (Å²) in [5.74, 6) is -1.35. The summed E-state index contributed by atoms with van der Waals surface area (Å²) in [5.41, 5.74) is -0.353. The monoisotopic (exact) mass is 490 g/mol. The summed E-state index contributed by atoms with van der Waals surface area (Å²) in [7, 11) is -4.23. The van der Waals surface area contributed by atoms with Crippen molar-refractivity contribution in [3.8, 4) is 10.6 Å². The van der Waals surface area contributed by atoms with Gasteiger partial charge in [0.05, 0.1) is 6.54 Å². The molecule has 1 aliphatic heterocycles. The van der Waals surface area contributed by atoms with Crippen molar-refractivity contribution in [2.75, 3.05) is 19.6 Å². The van der Waals surface area contributed by atoms with E-state index in [-0.39, 0.29) is 23.0 Å². The second-order valence-corrected chi connectivity index (χ2v) is 10.2. The SMILES string of the molecule is Cc1cn(CC(=O)N2CCN(S(=O)(=O)c3nnc(-c4ccccc4)s3)C(=O)C2)c(=O)[nH]c1=O. The van der Waals surface area contributed by atoms with Gasteiger partial charge in [-0.15, -0.1) is 10.2 Å². The molecular formula is C19H18N6O6S2. The zero-order chi connectivity index (χ0) is 23.8. The highest BCUT2D eigenvalue weighted by Crippen LogP contribution is 2.28. The van der Waals surface area contributed by atoms with Gasteiger partial charge < -0.3 is 4.90 Å². The van der Waals surface area contributed by atoms with Gasteiger partial charge in [0.1, 0.15) is 18.1 Å². The number of benzene rings is 1. The van der Waals surface area contributed by atoms with Crippen molar-refractivity contribution in [3.05, 3.63) is 62.9 Å². The van der Waals surface area contributed by atoms with E-state index in [1.54, 1.807) is 24.3 Å². The van der Waals surface area contributed by atoms with Crippen molar-refractivity contribution in [2.24, 2.45) is 0 Å². The molecule has 33 heavy (non-hydrogen) atoms. The first-order valence-electron chi connectivity index (χ1n) is 9.69. The van der Waals surface area contributed by atoms with E-state index in [0.717, 1.165) is 20.8 Å². The lowest BCUT2D eigenvalue weighted by molar-refractivity contribution is -0.142. The van der Waals surface area contributed by atoms with Gasteiger partial charge in [-0.25, -0.2) is 9.10 Å². The van der Waals surface area contributed by atoms with Crippen LogP contribution in [0.5, 0.6) is 0 Å². The first-order valence-corrected chi connectivity index (χ1v) is 11.9. The number of aromatic nitrogens is 4. The molecule has 0 aliphatic carbocycles. The lowest BCUT2D eigenvalue weighted by Crippen LogP contribution is -2.54. The lowest BCUT2D eigenvalue weighted by atomic mass is 10.2. The van der Waals surface area contributed by atoms with Crippen LogP contribution in [-0.4, -0.2) is 68.8 Å². The van der Waals surface area contributed by atoms with Gasteiger partial charge in [-0.2, -0.15) is 8.42 Å². The molecule has 1 aromatic carbocycles. The molecule has 1 saturated heterocycles. The molecule has 172 valence electrons. The minimum Gasteiger partial charge on any atom is -0.330 e. The number of rotatable bonds is 5. The molecule has 0 unspecified atom stereocenters. The standard InChI is InChI=1S/C19H18N6O6S2/c1-12-9-24(18(29)20-16(12)28)10-14(26)23-7-8-25(15(27)11-23)33(30,31)19-22-21-17(32-19)13-5-3-2-4-6-13/h2-6,9H,7-8,10-11H2,1H3,(H,20,28,29). The molecule has 14 heteroatoms. The number of piperazine rings is 1. The van der Waals surface area contributed by atoms with Crippen LogP contribution in [0.1, 0.15) is 5.56 Å². The molecule has 0 spiro atoms. The summed E-state index contributed by atoms with van der Waals surface area (Å²) >= 11 is 0.850. The maximum atomic E-state index is 13.0. The fourth-order valence-corrected chi connectivity index (χ4v) is 5.70. The summed E-state index contributed by atoms with van der Waals surface area (Å²) < 4.78 is 27.3. The molecule has 12 nitrogen and oxygen atoms in total. The van der Waals surface area contributed by atoms with Crippen LogP contribution in [0.2, 0.25) is 0 Å². The summed E-state index contributed by atoms with van der Waals surface area (Å²) in [6, 6.07) is 8.92. The molecule has 0 atom stereocenters. The Morgan fingerprint density at radius 1 is 1.12 bits per heavy atom. The largest absolute Gasteiger partial charge is 0.330 e. The molecule has 0 bridgehead atoms. The van der Waals surface area contributed by atoms with Crippen molar-refractivity contribution < 1.29 is 18.0 Å². The molecule has 1 aliphatic rings. The number of carbonyl (C=O) groups is 2. The van der Waals surface area contributed by atoms with Crippen LogP contribution in [0.25, 0.3) is 10.6 Å². The van der Waals surface area contributed by atoms with Crippen LogP contribution in [0.3, 0.4) is 0 Å². The predicted molar refractivity (Wildman–Crippen MR) is 117 cm³/mol. The minimum absolute atomic E-state index is 0.0504. The normalized spacial score (nSPS) is 14.5. The van der Waals surface area contributed by atoms with Gasteiger partial charge in [0.2, 0.25) is 5.91 Å². The van der Waals surface area contributed by atoms with Gasteiger partial charge in [0, 0.05) is 23.9 Å². The summed E-state index contributed by atoms with van der Waals surface area (Å²) in [5, 5.41) is 8.06. The van der Waals surface area contributed by atoms with E-state index in [9.17, 15) is 27.6 Å². The maximum absolute atomic E-state index is 13.0. The van der Waals surface area contributed by atoms with E-state index in [0.29, 0.717) is 14.9 Å². The van der Waals surface area contributed by atoms with Crippen LogP contribution in [-0.2, 0) is 26.2 Å². The van der Waals surface area contributed by atoms with Crippen molar-refractivity contribution in [1.82, 2.24) is 29.0 Å². The zero-order valence-corrected chi connectivity index (χ0v) is 18.9. The minimum atomic E-state index is -4.23. The van der Waals surface area contributed by atoms with Gasteiger partial charge >= 0.3 is 5.69 Å². The van der Waals surface area contributed by atoms with Crippen LogP contribution < -0.4 is 11.2 Å². The van der Waals surface area contributed by atoms with Gasteiger partial charge in [-0.3, -0.25) is 23.9 Å². The van der Waals surface area contributed by atoms with Crippen LogP contribution >= 0.6 is 11.3 Å². The fraction of sp³-hybridized carbons (Fsp3) is 0.263. The van der Waals surface area contributed by atoms with E-state index in [2.05, 4.69) is 15.2 Å². The maximum Gasteiger partial charge on any atom is 0.328 e. The molecule has 3 heterocycles. The first kappa shape index (κ1) is 22.5. The Morgan fingerprint density at radius 3 is 2.55 bits per heavy atom. The number of nitrogens with zero attached hydrogens (tertiary/aromatic N) is 5. The van der Waals surface area contributed by atoms with Gasteiger partial charge in [0.15, 0.2) is 0 Å². The smallest absolute Gasteiger partial charge is 0.328 e. The molecule has 0 saturated carbocycles. The van der Waals surface area contributed by atoms with E-state index in [1.807, 2.05) is 6.07 Å². The van der Waals surface area contributed by atoms with E-state index in [4.69, 9.17) is 0 Å². The Morgan fingerprint density at radius 2 is 1.85 bits per heavy atom. The second-order valence-electron chi connectivity index (χ2n) is 7.22. The van der Waals surface area contributed by atoms with Crippen molar-refractivity contribution in [2.45, 2.75) is 17.8 Å². The third kappa shape index (κ3) is 4.47. The molecule has 0 radical (unpaired) electrons. The summed E-state index contributed by atoms with van der Waals surface area (Å²) in [4.78, 5) is 51.8. The molecule has 3 aromatic rings. The highest BCUT2D eigenvalue weighted by atomic mass is 32.2. The molecule has 1 N–H and O–H groups in total. The van der Waals surface area contributed by atoms with Crippen LogP contribution in [0.15, 0.2) is 50.5 Å². The van der Waals surface area contributed by atoms with Gasteiger partial charge in [-0.1, -0.05) is 41.7 Å².